The van der Waals surface area contributed by atoms with E-state index in [1.165, 1.54) is 18.2 Å². The lowest BCUT2D eigenvalue weighted by Crippen LogP contribution is -2.19. The average molecular weight is 399 g/mol. The summed E-state index contributed by atoms with van der Waals surface area (Å²) in [6.45, 7) is 3.78. The maximum absolute atomic E-state index is 13.7. The Morgan fingerprint density at radius 1 is 0.793 bits per heavy atom. The van der Waals surface area contributed by atoms with E-state index in [1.807, 2.05) is 19.9 Å². The second-order valence-corrected chi connectivity index (χ2v) is 6.42. The Balaban J connectivity index is 1.79. The standard InChI is InChI=1S/C21H16F3N3O2/c1-11-8-12(2)10-13(9-11)25-20(28)16-4-3-5-17(26-16)21(29)27-15-7-6-14(22)18(23)19(15)24/h3-10H,1-2H3,(H,25,28)(H,27,29). The first-order chi connectivity index (χ1) is 13.7. The Morgan fingerprint density at radius 2 is 1.38 bits per heavy atom. The molecule has 0 atom stereocenters. The second kappa shape index (κ2) is 8.14. The molecule has 1 aromatic heterocycles. The molecular weight excluding hydrogens is 383 g/mol. The summed E-state index contributed by atoms with van der Waals surface area (Å²) in [5.41, 5.74) is 1.74. The number of nitrogens with one attached hydrogen (secondary N) is 2. The lowest BCUT2D eigenvalue weighted by molar-refractivity contribution is 0.101. The molecule has 29 heavy (non-hydrogen) atoms. The number of nitrogens with zero attached hydrogens (tertiary/aromatic N) is 1. The first-order valence-electron chi connectivity index (χ1n) is 8.56. The number of aromatic nitrogens is 1. The molecule has 148 valence electrons. The van der Waals surface area contributed by atoms with Gasteiger partial charge < -0.3 is 10.6 Å². The van der Waals surface area contributed by atoms with Gasteiger partial charge in [0, 0.05) is 5.69 Å². The Hall–Kier alpha value is -3.68. The normalized spacial score (nSPS) is 10.5. The Labute approximate surface area is 164 Å². The summed E-state index contributed by atoms with van der Waals surface area (Å²) in [7, 11) is 0. The molecule has 0 aliphatic carbocycles. The van der Waals surface area contributed by atoms with E-state index < -0.39 is 35.0 Å². The number of amides is 2. The van der Waals surface area contributed by atoms with Crippen LogP contribution >= 0.6 is 0 Å². The lowest BCUT2D eigenvalue weighted by atomic mass is 10.1. The minimum atomic E-state index is -1.70. The number of carbonyl (C=O) groups is 2. The SMILES string of the molecule is Cc1cc(C)cc(NC(=O)c2cccc(C(=O)Nc3ccc(F)c(F)c3F)n2)c1. The summed E-state index contributed by atoms with van der Waals surface area (Å²) in [5, 5.41) is 4.80. The van der Waals surface area contributed by atoms with E-state index in [-0.39, 0.29) is 11.4 Å². The molecule has 5 nitrogen and oxygen atoms in total. The van der Waals surface area contributed by atoms with Crippen molar-refractivity contribution >= 4 is 23.2 Å². The Morgan fingerprint density at radius 3 is 2.00 bits per heavy atom. The minimum absolute atomic E-state index is 0.0393. The number of hydrogen-bond acceptors (Lipinski definition) is 3. The van der Waals surface area contributed by atoms with E-state index in [9.17, 15) is 22.8 Å². The van der Waals surface area contributed by atoms with Crippen molar-refractivity contribution in [2.45, 2.75) is 13.8 Å². The van der Waals surface area contributed by atoms with E-state index in [0.717, 1.165) is 17.2 Å². The monoisotopic (exact) mass is 399 g/mol. The molecule has 0 bridgehead atoms. The fourth-order valence-corrected chi connectivity index (χ4v) is 2.74. The van der Waals surface area contributed by atoms with Crippen LogP contribution in [0.3, 0.4) is 0 Å². The summed E-state index contributed by atoms with van der Waals surface area (Å²) in [6.07, 6.45) is 0. The minimum Gasteiger partial charge on any atom is -0.321 e. The third-order valence-corrected chi connectivity index (χ3v) is 3.98. The molecule has 2 aromatic carbocycles. The quantitative estimate of drug-likeness (QED) is 0.629. The number of aryl methyl sites for hydroxylation is 2. The number of benzene rings is 2. The van der Waals surface area contributed by atoms with Gasteiger partial charge in [0.25, 0.3) is 11.8 Å². The zero-order valence-electron chi connectivity index (χ0n) is 15.5. The smallest absolute Gasteiger partial charge is 0.274 e. The van der Waals surface area contributed by atoms with Crippen LogP contribution in [0.5, 0.6) is 0 Å². The maximum atomic E-state index is 13.7. The molecule has 0 aliphatic heterocycles. The van der Waals surface area contributed by atoms with Crippen LogP contribution in [-0.2, 0) is 0 Å². The third kappa shape index (κ3) is 4.60. The summed E-state index contributed by atoms with van der Waals surface area (Å²) in [4.78, 5) is 28.7. The molecule has 0 saturated carbocycles. The molecular formula is C21H16F3N3O2. The molecule has 0 fully saturated rings. The van der Waals surface area contributed by atoms with Gasteiger partial charge in [-0.1, -0.05) is 12.1 Å². The van der Waals surface area contributed by atoms with Crippen molar-refractivity contribution in [1.29, 1.82) is 0 Å². The van der Waals surface area contributed by atoms with Gasteiger partial charge in [-0.15, -0.1) is 0 Å². The maximum Gasteiger partial charge on any atom is 0.274 e. The predicted octanol–water partition coefficient (Wildman–Crippen LogP) is 4.62. The molecule has 2 amide bonds. The molecule has 8 heteroatoms. The fraction of sp³-hybridized carbons (Fsp3) is 0.0952. The van der Waals surface area contributed by atoms with Crippen molar-refractivity contribution < 1.29 is 22.8 Å². The van der Waals surface area contributed by atoms with Gasteiger partial charge in [0.2, 0.25) is 0 Å². The van der Waals surface area contributed by atoms with E-state index in [4.69, 9.17) is 0 Å². The number of rotatable bonds is 4. The van der Waals surface area contributed by atoms with Crippen LogP contribution in [0, 0.1) is 31.3 Å². The zero-order valence-corrected chi connectivity index (χ0v) is 15.5. The van der Waals surface area contributed by atoms with Crippen LogP contribution in [0.25, 0.3) is 0 Å². The summed E-state index contributed by atoms with van der Waals surface area (Å²) in [5.74, 6) is -6.01. The van der Waals surface area contributed by atoms with Gasteiger partial charge in [-0.2, -0.15) is 0 Å². The van der Waals surface area contributed by atoms with E-state index in [0.29, 0.717) is 11.8 Å². The topological polar surface area (TPSA) is 71.1 Å². The van der Waals surface area contributed by atoms with Gasteiger partial charge in [0.1, 0.15) is 11.4 Å². The van der Waals surface area contributed by atoms with Crippen molar-refractivity contribution in [3.8, 4) is 0 Å². The van der Waals surface area contributed by atoms with Crippen LogP contribution in [-0.4, -0.2) is 16.8 Å². The van der Waals surface area contributed by atoms with Gasteiger partial charge >= 0.3 is 0 Å². The molecule has 0 aliphatic rings. The van der Waals surface area contributed by atoms with Crippen LogP contribution in [0.15, 0.2) is 48.5 Å². The third-order valence-electron chi connectivity index (χ3n) is 3.98. The molecule has 2 N–H and O–H groups in total. The van der Waals surface area contributed by atoms with Crippen molar-refractivity contribution in [1.82, 2.24) is 4.98 Å². The molecule has 0 saturated heterocycles. The highest BCUT2D eigenvalue weighted by molar-refractivity contribution is 6.06. The van der Waals surface area contributed by atoms with Crippen molar-refractivity contribution in [3.63, 3.8) is 0 Å². The predicted molar refractivity (Wildman–Crippen MR) is 102 cm³/mol. The van der Waals surface area contributed by atoms with Gasteiger partial charge in [0.15, 0.2) is 17.5 Å². The highest BCUT2D eigenvalue weighted by Crippen LogP contribution is 2.20. The van der Waals surface area contributed by atoms with Crippen molar-refractivity contribution in [3.05, 3.63) is 88.5 Å². The van der Waals surface area contributed by atoms with Crippen LogP contribution in [0.4, 0.5) is 24.5 Å². The molecule has 3 rings (SSSR count). The number of carbonyl (C=O) groups excluding carboxylic acids is 2. The van der Waals surface area contributed by atoms with Crippen molar-refractivity contribution in [2.75, 3.05) is 10.6 Å². The number of hydrogen-bond donors (Lipinski definition) is 2. The molecule has 3 aromatic rings. The Bertz CT molecular complexity index is 1100. The fourth-order valence-electron chi connectivity index (χ4n) is 2.74. The molecule has 1 heterocycles. The van der Waals surface area contributed by atoms with Gasteiger partial charge in [-0.25, -0.2) is 18.2 Å². The van der Waals surface area contributed by atoms with Gasteiger partial charge in [0.05, 0.1) is 5.69 Å². The van der Waals surface area contributed by atoms with E-state index in [1.54, 1.807) is 12.1 Å². The van der Waals surface area contributed by atoms with E-state index >= 15 is 0 Å². The number of pyridine rings is 1. The Kier molecular flexibility index (Phi) is 5.63. The average Bonchev–Trinajstić information content (AvgIpc) is 2.67. The first-order valence-corrected chi connectivity index (χ1v) is 8.56. The summed E-state index contributed by atoms with van der Waals surface area (Å²) >= 11 is 0. The van der Waals surface area contributed by atoms with Crippen molar-refractivity contribution in [2.24, 2.45) is 0 Å². The molecule has 0 spiro atoms. The number of halogens is 3. The molecule has 0 radical (unpaired) electrons. The second-order valence-electron chi connectivity index (χ2n) is 6.42. The van der Waals surface area contributed by atoms with Crippen LogP contribution in [0.1, 0.15) is 32.1 Å². The highest BCUT2D eigenvalue weighted by Gasteiger charge is 2.18. The van der Waals surface area contributed by atoms with E-state index in [2.05, 4.69) is 15.6 Å². The summed E-state index contributed by atoms with van der Waals surface area (Å²) < 4.78 is 40.1. The first kappa shape index (κ1) is 20.1. The lowest BCUT2D eigenvalue weighted by Gasteiger charge is -2.09. The highest BCUT2D eigenvalue weighted by atomic mass is 19.2. The number of anilines is 2. The van der Waals surface area contributed by atoms with Crippen LogP contribution < -0.4 is 10.6 Å². The largest absolute Gasteiger partial charge is 0.321 e. The summed E-state index contributed by atoms with van der Waals surface area (Å²) in [6, 6.07) is 11.3. The van der Waals surface area contributed by atoms with Gasteiger partial charge in [-0.05, 0) is 61.4 Å². The van der Waals surface area contributed by atoms with Crippen LogP contribution in [0.2, 0.25) is 0 Å². The van der Waals surface area contributed by atoms with Gasteiger partial charge in [-0.3, -0.25) is 9.59 Å². The molecule has 0 unspecified atom stereocenters. The zero-order chi connectivity index (χ0) is 21.1.